The first-order valence-electron chi connectivity index (χ1n) is 5.94. The van der Waals surface area contributed by atoms with Crippen molar-refractivity contribution in [1.82, 2.24) is 9.97 Å². The SMILES string of the molecule is Cc1cc(C(C)Nc2cc(NN)nc(N)n2)c(C)o1. The number of hydrogen-bond acceptors (Lipinski definition) is 7. The fraction of sp³-hybridized carbons (Fsp3) is 0.333. The average molecular weight is 262 g/mol. The van der Waals surface area contributed by atoms with Gasteiger partial charge in [-0.3, -0.25) is 0 Å². The summed E-state index contributed by atoms with van der Waals surface area (Å²) in [6, 6.07) is 3.73. The van der Waals surface area contributed by atoms with E-state index in [2.05, 4.69) is 20.7 Å². The van der Waals surface area contributed by atoms with Gasteiger partial charge in [-0.25, -0.2) is 5.84 Å². The van der Waals surface area contributed by atoms with Crippen LogP contribution >= 0.6 is 0 Å². The van der Waals surface area contributed by atoms with Gasteiger partial charge in [-0.1, -0.05) is 0 Å². The molecule has 2 heterocycles. The maximum absolute atomic E-state index is 5.61. The molecule has 0 bridgehead atoms. The minimum atomic E-state index is 0.0392. The van der Waals surface area contributed by atoms with Gasteiger partial charge in [0.15, 0.2) is 0 Å². The van der Waals surface area contributed by atoms with Crippen LogP contribution in [0.4, 0.5) is 17.6 Å². The van der Waals surface area contributed by atoms with Crippen molar-refractivity contribution in [1.29, 1.82) is 0 Å². The van der Waals surface area contributed by atoms with Crippen LogP contribution < -0.4 is 22.3 Å². The molecule has 0 aromatic carbocycles. The number of rotatable bonds is 4. The number of aromatic nitrogens is 2. The molecule has 102 valence electrons. The van der Waals surface area contributed by atoms with E-state index in [9.17, 15) is 0 Å². The number of aryl methyl sites for hydroxylation is 2. The van der Waals surface area contributed by atoms with E-state index < -0.39 is 0 Å². The molecule has 0 fully saturated rings. The number of hydrogen-bond donors (Lipinski definition) is 4. The number of nitrogens with two attached hydrogens (primary N) is 2. The first-order chi connectivity index (χ1) is 8.99. The highest BCUT2D eigenvalue weighted by Gasteiger charge is 2.13. The second-order valence-corrected chi connectivity index (χ2v) is 4.38. The summed E-state index contributed by atoms with van der Waals surface area (Å²) >= 11 is 0. The minimum Gasteiger partial charge on any atom is -0.466 e. The minimum absolute atomic E-state index is 0.0392. The highest BCUT2D eigenvalue weighted by Crippen LogP contribution is 2.25. The van der Waals surface area contributed by atoms with E-state index in [1.807, 2.05) is 26.8 Å². The van der Waals surface area contributed by atoms with Gasteiger partial charge in [0.1, 0.15) is 23.2 Å². The third-order valence-corrected chi connectivity index (χ3v) is 2.80. The second kappa shape index (κ2) is 5.15. The van der Waals surface area contributed by atoms with Crippen molar-refractivity contribution >= 4 is 17.6 Å². The van der Waals surface area contributed by atoms with E-state index in [4.69, 9.17) is 16.0 Å². The number of nitrogens with zero attached hydrogens (tertiary/aromatic N) is 2. The Morgan fingerprint density at radius 3 is 2.47 bits per heavy atom. The summed E-state index contributed by atoms with van der Waals surface area (Å²) in [6.45, 7) is 5.87. The average Bonchev–Trinajstić information content (AvgIpc) is 2.67. The molecule has 0 saturated heterocycles. The van der Waals surface area contributed by atoms with Crippen molar-refractivity contribution in [3.8, 4) is 0 Å². The zero-order valence-electron chi connectivity index (χ0n) is 11.2. The van der Waals surface area contributed by atoms with Crippen LogP contribution in [0.15, 0.2) is 16.5 Å². The standard InChI is InChI=1S/C12H18N6O/c1-6-4-9(8(3)19-6)7(2)15-10-5-11(18-14)17-12(13)16-10/h4-5,7H,14H2,1-3H3,(H4,13,15,16,17,18). The molecule has 0 spiro atoms. The maximum Gasteiger partial charge on any atom is 0.223 e. The van der Waals surface area contributed by atoms with E-state index in [0.29, 0.717) is 11.6 Å². The molecule has 6 N–H and O–H groups in total. The lowest BCUT2D eigenvalue weighted by atomic mass is 10.1. The van der Waals surface area contributed by atoms with Crippen LogP contribution in [0.25, 0.3) is 0 Å². The topological polar surface area (TPSA) is 115 Å². The molecule has 0 aliphatic carbocycles. The summed E-state index contributed by atoms with van der Waals surface area (Å²) in [6.07, 6.45) is 0. The molecule has 1 unspecified atom stereocenters. The van der Waals surface area contributed by atoms with Gasteiger partial charge in [-0.15, -0.1) is 0 Å². The molecular weight excluding hydrogens is 244 g/mol. The highest BCUT2D eigenvalue weighted by atomic mass is 16.3. The zero-order valence-corrected chi connectivity index (χ0v) is 11.2. The van der Waals surface area contributed by atoms with Gasteiger partial charge in [-0.2, -0.15) is 9.97 Å². The number of anilines is 3. The molecule has 1 atom stereocenters. The van der Waals surface area contributed by atoms with Gasteiger partial charge in [0.2, 0.25) is 5.95 Å². The molecule has 19 heavy (non-hydrogen) atoms. The molecule has 2 aromatic heterocycles. The van der Waals surface area contributed by atoms with Crippen LogP contribution in [-0.4, -0.2) is 9.97 Å². The van der Waals surface area contributed by atoms with E-state index in [1.54, 1.807) is 6.07 Å². The Morgan fingerprint density at radius 2 is 1.89 bits per heavy atom. The number of nitrogens with one attached hydrogen (secondary N) is 2. The molecule has 0 amide bonds. The highest BCUT2D eigenvalue weighted by molar-refractivity contribution is 5.51. The van der Waals surface area contributed by atoms with Crippen LogP contribution in [0.3, 0.4) is 0 Å². The number of nitrogen functional groups attached to an aromatic ring is 2. The monoisotopic (exact) mass is 262 g/mol. The van der Waals surface area contributed by atoms with Gasteiger partial charge in [0, 0.05) is 11.6 Å². The first kappa shape index (κ1) is 13.2. The summed E-state index contributed by atoms with van der Waals surface area (Å²) in [5, 5.41) is 3.24. The maximum atomic E-state index is 5.61. The van der Waals surface area contributed by atoms with Crippen molar-refractivity contribution in [2.45, 2.75) is 26.8 Å². The Kier molecular flexibility index (Phi) is 3.57. The molecule has 2 rings (SSSR count). The fourth-order valence-electron chi connectivity index (χ4n) is 1.99. The summed E-state index contributed by atoms with van der Waals surface area (Å²) in [5.74, 6) is 8.31. The van der Waals surface area contributed by atoms with Crippen molar-refractivity contribution in [3.63, 3.8) is 0 Å². The summed E-state index contributed by atoms with van der Waals surface area (Å²) in [5.41, 5.74) is 9.13. The van der Waals surface area contributed by atoms with E-state index in [1.165, 1.54) is 0 Å². The summed E-state index contributed by atoms with van der Waals surface area (Å²) in [4.78, 5) is 8.04. The lowest BCUT2D eigenvalue weighted by Crippen LogP contribution is -2.13. The normalized spacial score (nSPS) is 12.2. The van der Waals surface area contributed by atoms with Gasteiger partial charge in [0.25, 0.3) is 0 Å². The van der Waals surface area contributed by atoms with Crippen LogP contribution in [0.5, 0.6) is 0 Å². The van der Waals surface area contributed by atoms with Crippen LogP contribution in [0.1, 0.15) is 30.0 Å². The molecule has 0 aliphatic rings. The molecule has 7 nitrogen and oxygen atoms in total. The second-order valence-electron chi connectivity index (χ2n) is 4.38. The van der Waals surface area contributed by atoms with Crippen molar-refractivity contribution < 1.29 is 4.42 Å². The molecule has 0 saturated carbocycles. The molecule has 2 aromatic rings. The van der Waals surface area contributed by atoms with Crippen molar-refractivity contribution in [2.75, 3.05) is 16.5 Å². The smallest absolute Gasteiger partial charge is 0.223 e. The predicted molar refractivity (Wildman–Crippen MR) is 74.5 cm³/mol. The lowest BCUT2D eigenvalue weighted by Gasteiger charge is -2.14. The van der Waals surface area contributed by atoms with Gasteiger partial charge >= 0.3 is 0 Å². The Hall–Kier alpha value is -2.28. The first-order valence-corrected chi connectivity index (χ1v) is 5.94. The van der Waals surface area contributed by atoms with Crippen molar-refractivity contribution in [2.24, 2.45) is 5.84 Å². The van der Waals surface area contributed by atoms with Crippen molar-refractivity contribution in [3.05, 3.63) is 29.2 Å². The van der Waals surface area contributed by atoms with Crippen LogP contribution in [0.2, 0.25) is 0 Å². The quantitative estimate of drug-likeness (QED) is 0.490. The van der Waals surface area contributed by atoms with Gasteiger partial charge in [0.05, 0.1) is 6.04 Å². The Labute approximate surface area is 111 Å². The largest absolute Gasteiger partial charge is 0.466 e. The van der Waals surface area contributed by atoms with Crippen LogP contribution in [-0.2, 0) is 0 Å². The van der Waals surface area contributed by atoms with Crippen LogP contribution in [0, 0.1) is 13.8 Å². The van der Waals surface area contributed by atoms with E-state index >= 15 is 0 Å². The number of hydrazine groups is 1. The predicted octanol–water partition coefficient (Wildman–Crippen LogP) is 1.73. The molecule has 0 aliphatic heterocycles. The third-order valence-electron chi connectivity index (χ3n) is 2.80. The molecular formula is C12H18N6O. The Bertz CT molecular complexity index is 580. The lowest BCUT2D eigenvalue weighted by molar-refractivity contribution is 0.500. The Morgan fingerprint density at radius 1 is 1.21 bits per heavy atom. The summed E-state index contributed by atoms with van der Waals surface area (Å²) < 4.78 is 5.51. The third kappa shape index (κ3) is 2.94. The van der Waals surface area contributed by atoms with E-state index in [0.717, 1.165) is 17.1 Å². The summed E-state index contributed by atoms with van der Waals surface area (Å²) in [7, 11) is 0. The van der Waals surface area contributed by atoms with Gasteiger partial charge < -0.3 is 20.9 Å². The number of furan rings is 1. The van der Waals surface area contributed by atoms with Gasteiger partial charge in [-0.05, 0) is 26.8 Å². The Balaban J connectivity index is 2.21. The molecule has 0 radical (unpaired) electrons. The zero-order chi connectivity index (χ0) is 14.0. The fourth-order valence-corrected chi connectivity index (χ4v) is 1.99. The molecule has 7 heteroatoms. The van der Waals surface area contributed by atoms with E-state index in [-0.39, 0.29) is 12.0 Å².